The van der Waals surface area contributed by atoms with Crippen molar-refractivity contribution in [3.8, 4) is 5.75 Å². The van der Waals surface area contributed by atoms with E-state index in [2.05, 4.69) is 10.4 Å². The first kappa shape index (κ1) is 19.3. The normalized spacial score (nSPS) is 16.0. The van der Waals surface area contributed by atoms with Gasteiger partial charge in [-0.25, -0.2) is 5.01 Å². The van der Waals surface area contributed by atoms with Gasteiger partial charge in [0, 0.05) is 24.4 Å². The number of carbonyl (C=O) groups excluding carboxylic acids is 2. The molecule has 3 rings (SSSR count). The average molecular weight is 404 g/mol. The maximum atomic E-state index is 11.9. The molecule has 6 nitrogen and oxygen atoms in total. The second-order valence-electron chi connectivity index (χ2n) is 5.87. The molecule has 0 unspecified atom stereocenters. The first-order chi connectivity index (χ1) is 12.9. The van der Waals surface area contributed by atoms with E-state index in [0.717, 1.165) is 11.1 Å². The van der Waals surface area contributed by atoms with E-state index in [1.54, 1.807) is 0 Å². The summed E-state index contributed by atoms with van der Waals surface area (Å²) in [5.74, 6) is 0.264. The van der Waals surface area contributed by atoms with Crippen molar-refractivity contribution in [3.05, 3.63) is 64.7 Å². The van der Waals surface area contributed by atoms with Gasteiger partial charge in [-0.05, 0) is 23.8 Å². The minimum atomic E-state index is -0.332. The molecular weight excluding hydrogens is 386 g/mol. The fraction of sp³-hybridized carbons (Fsp3) is 0.211. The predicted molar refractivity (Wildman–Crippen MR) is 106 cm³/mol. The number of nitrogens with one attached hydrogen (secondary N) is 1. The molecule has 2 amide bonds. The molecule has 0 aromatic heterocycles. The quantitative estimate of drug-likeness (QED) is 0.839. The highest BCUT2D eigenvalue weighted by Crippen LogP contribution is 2.39. The number of carbonyl (C=O) groups is 2. The molecule has 0 spiro atoms. The highest BCUT2D eigenvalue weighted by Gasteiger charge is 2.32. The first-order valence-electron chi connectivity index (χ1n) is 8.23. The van der Waals surface area contributed by atoms with E-state index in [9.17, 15) is 9.59 Å². The summed E-state index contributed by atoms with van der Waals surface area (Å²) in [5, 5.41) is 8.90. The van der Waals surface area contributed by atoms with E-state index in [1.165, 1.54) is 30.6 Å². The number of nitrogens with zero attached hydrogens (tertiary/aromatic N) is 2. The van der Waals surface area contributed by atoms with E-state index in [0.29, 0.717) is 22.5 Å². The minimum absolute atomic E-state index is 0.202. The Labute approximate surface area is 166 Å². The number of hydrogen-bond donors (Lipinski definition) is 1. The van der Waals surface area contributed by atoms with Crippen LogP contribution in [0.4, 0.5) is 0 Å². The Hall–Kier alpha value is -2.51. The zero-order valence-corrected chi connectivity index (χ0v) is 16.4. The number of hydrazone groups is 1. The Morgan fingerprint density at radius 1 is 1.19 bits per heavy atom. The summed E-state index contributed by atoms with van der Waals surface area (Å²) < 4.78 is 5.78. The van der Waals surface area contributed by atoms with Crippen LogP contribution in [0.2, 0.25) is 5.02 Å². The van der Waals surface area contributed by atoms with Crippen molar-refractivity contribution >= 4 is 40.3 Å². The Morgan fingerprint density at radius 3 is 2.52 bits per heavy atom. The van der Waals surface area contributed by atoms with Gasteiger partial charge < -0.3 is 10.1 Å². The van der Waals surface area contributed by atoms with Crippen molar-refractivity contribution in [1.29, 1.82) is 0 Å². The molecule has 2 aromatic rings. The van der Waals surface area contributed by atoms with Crippen LogP contribution in [0.3, 0.4) is 0 Å². The van der Waals surface area contributed by atoms with Gasteiger partial charge in [0.15, 0.2) is 5.17 Å². The Morgan fingerprint density at radius 2 is 1.89 bits per heavy atom. The number of thioether (sulfide) groups is 1. The summed E-state index contributed by atoms with van der Waals surface area (Å²) in [6, 6.07) is 14.9. The SMILES string of the molecule is CC(=O)NC1=NN(C(C)=O)[C@H](c2ccc(OCc3ccccc3Cl)cc2)S1. The largest absolute Gasteiger partial charge is 0.489 e. The van der Waals surface area contributed by atoms with Crippen LogP contribution in [0.1, 0.15) is 30.3 Å². The van der Waals surface area contributed by atoms with Crippen LogP contribution in [-0.4, -0.2) is 22.0 Å². The molecule has 1 N–H and O–H groups in total. The third-order valence-corrected chi connectivity index (χ3v) is 5.24. The van der Waals surface area contributed by atoms with Gasteiger partial charge in [-0.2, -0.15) is 0 Å². The van der Waals surface area contributed by atoms with Gasteiger partial charge in [-0.1, -0.05) is 53.7 Å². The van der Waals surface area contributed by atoms with Gasteiger partial charge in [0.25, 0.3) is 0 Å². The molecular formula is C19H18ClN3O3S. The zero-order valence-electron chi connectivity index (χ0n) is 14.8. The Balaban J connectivity index is 1.68. The molecule has 1 aliphatic rings. The lowest BCUT2D eigenvalue weighted by molar-refractivity contribution is -0.129. The van der Waals surface area contributed by atoms with Crippen LogP contribution in [0.25, 0.3) is 0 Å². The standard InChI is InChI=1S/C19H18ClN3O3S/c1-12(24)21-19-22-23(13(2)25)18(27-19)14-7-9-16(10-8-14)26-11-15-5-3-4-6-17(15)20/h3-10,18H,11H2,1-2H3,(H,21,22,24)/t18-/m0/s1. The molecule has 1 aliphatic heterocycles. The maximum Gasteiger partial charge on any atom is 0.241 e. The van der Waals surface area contributed by atoms with Gasteiger partial charge in [0.05, 0.1) is 0 Å². The van der Waals surface area contributed by atoms with Gasteiger partial charge in [0.2, 0.25) is 11.8 Å². The third-order valence-electron chi connectivity index (χ3n) is 3.77. The van der Waals surface area contributed by atoms with Crippen molar-refractivity contribution in [2.75, 3.05) is 0 Å². The predicted octanol–water partition coefficient (Wildman–Crippen LogP) is 3.92. The monoisotopic (exact) mass is 403 g/mol. The zero-order chi connectivity index (χ0) is 19.4. The fourth-order valence-electron chi connectivity index (χ4n) is 2.48. The summed E-state index contributed by atoms with van der Waals surface area (Å²) in [6.45, 7) is 3.21. The Bertz CT molecular complexity index is 886. The lowest BCUT2D eigenvalue weighted by atomic mass is 10.2. The van der Waals surface area contributed by atoms with E-state index in [1.807, 2.05) is 48.5 Å². The van der Waals surface area contributed by atoms with Crippen LogP contribution in [0.15, 0.2) is 53.6 Å². The van der Waals surface area contributed by atoms with Crippen molar-refractivity contribution in [1.82, 2.24) is 10.3 Å². The van der Waals surface area contributed by atoms with E-state index < -0.39 is 0 Å². The number of rotatable bonds is 4. The van der Waals surface area contributed by atoms with Gasteiger partial charge >= 0.3 is 0 Å². The van der Waals surface area contributed by atoms with E-state index in [4.69, 9.17) is 16.3 Å². The summed E-state index contributed by atoms with van der Waals surface area (Å²) in [4.78, 5) is 23.1. The van der Waals surface area contributed by atoms with Crippen molar-refractivity contribution in [2.24, 2.45) is 5.10 Å². The van der Waals surface area contributed by atoms with Gasteiger partial charge in [-0.3, -0.25) is 9.59 Å². The molecule has 0 bridgehead atoms. The van der Waals surface area contributed by atoms with E-state index in [-0.39, 0.29) is 17.2 Å². The average Bonchev–Trinajstić information content (AvgIpc) is 3.05. The van der Waals surface area contributed by atoms with Crippen LogP contribution < -0.4 is 10.1 Å². The number of amidine groups is 1. The first-order valence-corrected chi connectivity index (χ1v) is 9.48. The van der Waals surface area contributed by atoms with Crippen LogP contribution in [-0.2, 0) is 16.2 Å². The second kappa shape index (κ2) is 8.45. The van der Waals surface area contributed by atoms with E-state index >= 15 is 0 Å². The molecule has 1 atom stereocenters. The van der Waals surface area contributed by atoms with Crippen molar-refractivity contribution < 1.29 is 14.3 Å². The highest BCUT2D eigenvalue weighted by atomic mass is 35.5. The summed E-state index contributed by atoms with van der Waals surface area (Å²) in [5.41, 5.74) is 1.79. The minimum Gasteiger partial charge on any atom is -0.489 e. The molecule has 0 radical (unpaired) electrons. The number of hydrogen-bond acceptors (Lipinski definition) is 5. The fourth-order valence-corrected chi connectivity index (χ4v) is 3.81. The molecule has 2 aromatic carbocycles. The second-order valence-corrected chi connectivity index (χ2v) is 7.35. The number of ether oxygens (including phenoxy) is 1. The van der Waals surface area contributed by atoms with Crippen LogP contribution in [0.5, 0.6) is 5.75 Å². The topological polar surface area (TPSA) is 71.0 Å². The van der Waals surface area contributed by atoms with Crippen LogP contribution >= 0.6 is 23.4 Å². The van der Waals surface area contributed by atoms with Crippen LogP contribution in [0, 0.1) is 0 Å². The van der Waals surface area contributed by atoms with Crippen molar-refractivity contribution in [3.63, 3.8) is 0 Å². The summed E-state index contributed by atoms with van der Waals surface area (Å²) in [7, 11) is 0. The molecule has 0 saturated heterocycles. The lowest BCUT2D eigenvalue weighted by Crippen LogP contribution is -2.25. The number of halogens is 1. The maximum absolute atomic E-state index is 11.9. The van der Waals surface area contributed by atoms with Gasteiger partial charge in [0.1, 0.15) is 17.7 Å². The summed E-state index contributed by atoms with van der Waals surface area (Å²) >= 11 is 7.45. The molecule has 140 valence electrons. The number of amides is 2. The lowest BCUT2D eigenvalue weighted by Gasteiger charge is -2.19. The molecule has 0 saturated carbocycles. The molecule has 1 heterocycles. The molecule has 8 heteroatoms. The molecule has 0 aliphatic carbocycles. The number of benzene rings is 2. The molecule has 27 heavy (non-hydrogen) atoms. The van der Waals surface area contributed by atoms with Crippen molar-refractivity contribution in [2.45, 2.75) is 25.8 Å². The third kappa shape index (κ3) is 4.81. The molecule has 0 fully saturated rings. The smallest absolute Gasteiger partial charge is 0.241 e. The summed E-state index contributed by atoms with van der Waals surface area (Å²) in [6.07, 6.45) is 0. The highest BCUT2D eigenvalue weighted by molar-refractivity contribution is 8.14. The Kier molecular flexibility index (Phi) is 6.03. The van der Waals surface area contributed by atoms with Gasteiger partial charge in [-0.15, -0.1) is 5.10 Å².